The van der Waals surface area contributed by atoms with Gasteiger partial charge < -0.3 is 10.1 Å². The number of H-pyrrole nitrogens is 1. The van der Waals surface area contributed by atoms with Crippen LogP contribution in [0.2, 0.25) is 0 Å². The highest BCUT2D eigenvalue weighted by Crippen LogP contribution is 2.31. The van der Waals surface area contributed by atoms with Crippen molar-refractivity contribution in [3.63, 3.8) is 0 Å². The molecular weight excluding hydrogens is 266 g/mol. The van der Waals surface area contributed by atoms with Crippen LogP contribution in [0.5, 0.6) is 0 Å². The highest BCUT2D eigenvalue weighted by molar-refractivity contribution is 9.10. The minimum absolute atomic E-state index is 0.405. The van der Waals surface area contributed by atoms with Crippen molar-refractivity contribution in [1.82, 2.24) is 4.98 Å². The highest BCUT2D eigenvalue weighted by atomic mass is 79.9. The predicted molar refractivity (Wildman–Crippen MR) is 46.4 cm³/mol. The number of nitro groups is 1. The Morgan fingerprint density at radius 3 is 2.57 bits per heavy atom. The lowest BCUT2D eigenvalue weighted by Gasteiger charge is -2.02. The van der Waals surface area contributed by atoms with Gasteiger partial charge in [-0.25, -0.2) is 18.6 Å². The van der Waals surface area contributed by atoms with Gasteiger partial charge in [-0.2, -0.15) is 0 Å². The number of pyridine rings is 1. The van der Waals surface area contributed by atoms with Crippen molar-refractivity contribution in [1.29, 1.82) is 0 Å². The third kappa shape index (κ3) is 1.95. The van der Waals surface area contributed by atoms with E-state index in [-0.39, 0.29) is 0 Å². The Balaban J connectivity index is 3.48. The molecule has 0 atom stereocenters. The Kier molecular flexibility index (Phi) is 2.94. The lowest BCUT2D eigenvalue weighted by molar-refractivity contribution is -0.390. The Bertz CT molecular complexity index is 432. The van der Waals surface area contributed by atoms with Crippen molar-refractivity contribution in [3.05, 3.63) is 36.6 Å². The number of aromatic amines is 1. The molecule has 0 saturated heterocycles. The molecule has 14 heavy (non-hydrogen) atoms. The molecule has 1 rings (SSSR count). The van der Waals surface area contributed by atoms with Gasteiger partial charge in [-0.1, -0.05) is 0 Å². The summed E-state index contributed by atoms with van der Waals surface area (Å²) in [6, 6.07) is 0.613. The first-order valence-corrected chi connectivity index (χ1v) is 4.08. The Morgan fingerprint density at radius 2 is 2.14 bits per heavy atom. The molecule has 1 N–H and O–H groups in total. The smallest absolute Gasteiger partial charge is 0.338 e. The zero-order valence-corrected chi connectivity index (χ0v) is 8.05. The van der Waals surface area contributed by atoms with Crippen molar-refractivity contribution in [2.24, 2.45) is 0 Å². The van der Waals surface area contributed by atoms with Gasteiger partial charge >= 0.3 is 11.4 Å². The molecule has 1 aromatic heterocycles. The molecule has 0 amide bonds. The SMILES string of the molecule is O=c1cc(C(F)F)c(Br)c([N+](=O)[O-])[nH]1. The van der Waals surface area contributed by atoms with E-state index in [0.29, 0.717) is 6.07 Å². The summed E-state index contributed by atoms with van der Waals surface area (Å²) in [5.74, 6) is -0.771. The van der Waals surface area contributed by atoms with Gasteiger partial charge in [0.1, 0.15) is 4.47 Å². The topological polar surface area (TPSA) is 76.0 Å². The van der Waals surface area contributed by atoms with E-state index in [9.17, 15) is 23.7 Å². The molecule has 0 aliphatic rings. The van der Waals surface area contributed by atoms with Gasteiger partial charge in [-0.3, -0.25) is 0 Å². The zero-order valence-electron chi connectivity index (χ0n) is 6.46. The fourth-order valence-corrected chi connectivity index (χ4v) is 1.36. The van der Waals surface area contributed by atoms with Crippen molar-refractivity contribution >= 4 is 21.7 Å². The number of hydrogen-bond donors (Lipinski definition) is 1. The van der Waals surface area contributed by atoms with Crippen LogP contribution in [0.1, 0.15) is 12.0 Å². The number of rotatable bonds is 2. The Morgan fingerprint density at radius 1 is 1.57 bits per heavy atom. The summed E-state index contributed by atoms with van der Waals surface area (Å²) in [5, 5.41) is 10.3. The molecule has 8 heteroatoms. The molecule has 0 unspecified atom stereocenters. The summed E-state index contributed by atoms with van der Waals surface area (Å²) in [5.41, 5.74) is -1.63. The first-order chi connectivity index (χ1) is 6.43. The fourth-order valence-electron chi connectivity index (χ4n) is 0.834. The van der Waals surface area contributed by atoms with Gasteiger partial charge in [0.25, 0.3) is 6.43 Å². The van der Waals surface area contributed by atoms with Crippen LogP contribution in [-0.2, 0) is 0 Å². The second kappa shape index (κ2) is 3.82. The summed E-state index contributed by atoms with van der Waals surface area (Å²) in [7, 11) is 0. The molecule has 76 valence electrons. The standard InChI is InChI=1S/C6H3BrF2N2O3/c7-4-2(5(8)9)1-3(12)10-6(4)11(13)14/h1,5H,(H,10,12). The van der Waals surface area contributed by atoms with E-state index in [4.69, 9.17) is 0 Å². The van der Waals surface area contributed by atoms with Gasteiger partial charge in [0.2, 0.25) is 0 Å². The molecule has 0 spiro atoms. The molecule has 0 fully saturated rings. The lowest BCUT2D eigenvalue weighted by Crippen LogP contribution is -2.10. The van der Waals surface area contributed by atoms with Crippen LogP contribution in [0.25, 0.3) is 0 Å². The van der Waals surface area contributed by atoms with Crippen LogP contribution < -0.4 is 5.56 Å². The van der Waals surface area contributed by atoms with Gasteiger partial charge in [0, 0.05) is 11.6 Å². The molecule has 5 nitrogen and oxygen atoms in total. The van der Waals surface area contributed by atoms with Gasteiger partial charge in [-0.15, -0.1) is 0 Å². The first-order valence-electron chi connectivity index (χ1n) is 3.28. The number of nitrogens with zero attached hydrogens (tertiary/aromatic N) is 1. The Hall–Kier alpha value is -1.31. The number of halogens is 3. The molecule has 1 aromatic rings. The zero-order chi connectivity index (χ0) is 10.9. The summed E-state index contributed by atoms with van der Waals surface area (Å²) < 4.78 is 24.1. The van der Waals surface area contributed by atoms with Gasteiger partial charge in [0.15, 0.2) is 0 Å². The second-order valence-electron chi connectivity index (χ2n) is 2.31. The Labute approximate surface area is 84.0 Å². The molecule has 0 saturated carbocycles. The minimum Gasteiger partial charge on any atom is -0.358 e. The number of aromatic nitrogens is 1. The van der Waals surface area contributed by atoms with E-state index >= 15 is 0 Å². The molecule has 0 aliphatic heterocycles. The fraction of sp³-hybridized carbons (Fsp3) is 0.167. The molecule has 0 aliphatic carbocycles. The first kappa shape index (κ1) is 10.8. The molecule has 1 heterocycles. The van der Waals surface area contributed by atoms with E-state index < -0.39 is 32.8 Å². The summed E-state index contributed by atoms with van der Waals surface area (Å²) >= 11 is 2.62. The maximum atomic E-state index is 12.2. The van der Waals surface area contributed by atoms with Crippen molar-refractivity contribution < 1.29 is 13.7 Å². The predicted octanol–water partition coefficient (Wildman–Crippen LogP) is 1.98. The number of alkyl halides is 2. The minimum atomic E-state index is -2.94. The van der Waals surface area contributed by atoms with Crippen LogP contribution in [-0.4, -0.2) is 9.91 Å². The van der Waals surface area contributed by atoms with Gasteiger partial charge in [0.05, 0.1) is 0 Å². The number of hydrogen-bond acceptors (Lipinski definition) is 3. The van der Waals surface area contributed by atoms with Crippen molar-refractivity contribution in [2.45, 2.75) is 6.43 Å². The van der Waals surface area contributed by atoms with Crippen LogP contribution in [0, 0.1) is 10.1 Å². The lowest BCUT2D eigenvalue weighted by atomic mass is 10.3. The molecule has 0 radical (unpaired) electrons. The summed E-state index contributed by atoms with van der Waals surface area (Å²) in [6.45, 7) is 0. The largest absolute Gasteiger partial charge is 0.358 e. The maximum absolute atomic E-state index is 12.2. The van der Waals surface area contributed by atoms with E-state index in [0.717, 1.165) is 0 Å². The number of nitrogens with one attached hydrogen (secondary N) is 1. The van der Waals surface area contributed by atoms with E-state index in [1.165, 1.54) is 0 Å². The van der Waals surface area contributed by atoms with Crippen molar-refractivity contribution in [3.8, 4) is 0 Å². The average molecular weight is 269 g/mol. The molecule has 0 aromatic carbocycles. The summed E-state index contributed by atoms with van der Waals surface area (Å²) in [4.78, 5) is 22.0. The molecular formula is C6H3BrF2N2O3. The normalized spacial score (nSPS) is 10.6. The van der Waals surface area contributed by atoms with E-state index in [1.807, 2.05) is 4.98 Å². The van der Waals surface area contributed by atoms with E-state index in [2.05, 4.69) is 15.9 Å². The summed E-state index contributed by atoms with van der Waals surface area (Å²) in [6.07, 6.45) is -2.94. The van der Waals surface area contributed by atoms with E-state index in [1.54, 1.807) is 0 Å². The quantitative estimate of drug-likeness (QED) is 0.658. The molecule has 0 bridgehead atoms. The van der Waals surface area contributed by atoms with Crippen molar-refractivity contribution in [2.75, 3.05) is 0 Å². The van der Waals surface area contributed by atoms with Crippen LogP contribution in [0.3, 0.4) is 0 Å². The average Bonchev–Trinajstić information content (AvgIpc) is 2.07. The van der Waals surface area contributed by atoms with Crippen LogP contribution in [0.15, 0.2) is 15.3 Å². The third-order valence-corrected chi connectivity index (χ3v) is 2.24. The second-order valence-corrected chi connectivity index (χ2v) is 3.10. The maximum Gasteiger partial charge on any atom is 0.338 e. The third-order valence-electron chi connectivity index (χ3n) is 1.41. The van der Waals surface area contributed by atoms with Gasteiger partial charge in [-0.05, 0) is 20.9 Å². The monoisotopic (exact) mass is 268 g/mol. The highest BCUT2D eigenvalue weighted by Gasteiger charge is 2.21. The van der Waals surface area contributed by atoms with Crippen LogP contribution in [0.4, 0.5) is 14.6 Å². The van der Waals surface area contributed by atoms with Crippen LogP contribution >= 0.6 is 15.9 Å².